The Kier molecular flexibility index (Phi) is 8.03. The summed E-state index contributed by atoms with van der Waals surface area (Å²) in [6.07, 6.45) is 10.1. The molecule has 0 aromatic heterocycles. The van der Waals surface area contributed by atoms with Gasteiger partial charge in [0.1, 0.15) is 0 Å². The Morgan fingerprint density at radius 3 is 2.62 bits per heavy atom. The van der Waals surface area contributed by atoms with Crippen LogP contribution in [0, 0.1) is 17.8 Å². The topological polar surface area (TPSA) is 75.4 Å². The Hall–Kier alpha value is -1.10. The highest BCUT2D eigenvalue weighted by atomic mass is 16.2. The van der Waals surface area contributed by atoms with Crippen LogP contribution in [0.2, 0.25) is 0 Å². The maximum atomic E-state index is 13.0. The van der Waals surface area contributed by atoms with Gasteiger partial charge in [0, 0.05) is 32.1 Å². The molecule has 0 spiro atoms. The van der Waals surface area contributed by atoms with E-state index in [0.717, 1.165) is 44.6 Å². The number of carbonyl (C=O) groups is 2. The van der Waals surface area contributed by atoms with Gasteiger partial charge in [0.2, 0.25) is 11.8 Å². The largest absolute Gasteiger partial charge is 0.355 e. The van der Waals surface area contributed by atoms with E-state index < -0.39 is 0 Å². The summed E-state index contributed by atoms with van der Waals surface area (Å²) in [4.78, 5) is 27.2. The van der Waals surface area contributed by atoms with E-state index in [1.54, 1.807) is 0 Å². The third-order valence-corrected chi connectivity index (χ3v) is 5.63. The summed E-state index contributed by atoms with van der Waals surface area (Å²) < 4.78 is 0. The van der Waals surface area contributed by atoms with Gasteiger partial charge < -0.3 is 16.0 Å². The van der Waals surface area contributed by atoms with Gasteiger partial charge in [-0.15, -0.1) is 0 Å². The molecule has 0 aromatic rings. The summed E-state index contributed by atoms with van der Waals surface area (Å²) in [7, 11) is 0. The zero-order chi connectivity index (χ0) is 17.4. The molecule has 24 heavy (non-hydrogen) atoms. The highest BCUT2D eigenvalue weighted by Gasteiger charge is 2.32. The molecule has 3 N–H and O–H groups in total. The van der Waals surface area contributed by atoms with Crippen molar-refractivity contribution < 1.29 is 9.59 Å². The van der Waals surface area contributed by atoms with Crippen LogP contribution in [0.5, 0.6) is 0 Å². The van der Waals surface area contributed by atoms with E-state index in [0.29, 0.717) is 25.5 Å². The first-order valence-corrected chi connectivity index (χ1v) is 9.92. The van der Waals surface area contributed by atoms with Gasteiger partial charge in [0.15, 0.2) is 0 Å². The number of rotatable bonds is 8. The molecule has 1 saturated heterocycles. The molecule has 2 rings (SSSR count). The average Bonchev–Trinajstić information content (AvgIpc) is 3.12. The van der Waals surface area contributed by atoms with Crippen LogP contribution >= 0.6 is 0 Å². The molecular weight excluding hydrogens is 302 g/mol. The van der Waals surface area contributed by atoms with Crippen LogP contribution < -0.4 is 11.1 Å². The van der Waals surface area contributed by atoms with Crippen LogP contribution in [-0.2, 0) is 9.59 Å². The second-order valence-electron chi connectivity index (χ2n) is 7.57. The van der Waals surface area contributed by atoms with Gasteiger partial charge in [0.25, 0.3) is 0 Å². The predicted octanol–water partition coefficient (Wildman–Crippen LogP) is 2.30. The normalized spacial score (nSPS) is 23.2. The second-order valence-corrected chi connectivity index (χ2v) is 7.57. The second kappa shape index (κ2) is 10.0. The highest BCUT2D eigenvalue weighted by Crippen LogP contribution is 2.33. The number of likely N-dealkylation sites (tertiary alicyclic amines) is 1. The molecule has 1 aliphatic heterocycles. The van der Waals surface area contributed by atoms with Crippen molar-refractivity contribution in [1.82, 2.24) is 10.2 Å². The van der Waals surface area contributed by atoms with E-state index in [4.69, 9.17) is 5.73 Å². The minimum Gasteiger partial charge on any atom is -0.355 e. The zero-order valence-electron chi connectivity index (χ0n) is 15.3. The fourth-order valence-electron chi connectivity index (χ4n) is 4.33. The molecule has 5 nitrogen and oxygen atoms in total. The minimum atomic E-state index is -0.0667. The van der Waals surface area contributed by atoms with E-state index in [1.165, 1.54) is 25.7 Å². The molecule has 0 bridgehead atoms. The van der Waals surface area contributed by atoms with Gasteiger partial charge in [-0.1, -0.05) is 39.0 Å². The number of nitrogens with one attached hydrogen (secondary N) is 1. The smallest absolute Gasteiger partial charge is 0.225 e. The number of piperidine rings is 1. The Labute approximate surface area is 146 Å². The number of amides is 2. The number of carbonyl (C=O) groups excluding carboxylic acids is 2. The predicted molar refractivity (Wildman–Crippen MR) is 96.3 cm³/mol. The van der Waals surface area contributed by atoms with Crippen molar-refractivity contribution in [2.45, 2.75) is 64.7 Å². The molecule has 1 heterocycles. The average molecular weight is 338 g/mol. The van der Waals surface area contributed by atoms with Crippen molar-refractivity contribution in [3.63, 3.8) is 0 Å². The number of hydrogen-bond acceptors (Lipinski definition) is 3. The molecule has 1 saturated carbocycles. The van der Waals surface area contributed by atoms with Gasteiger partial charge in [-0.25, -0.2) is 0 Å². The minimum absolute atomic E-state index is 0.0563. The number of hydrogen-bond donors (Lipinski definition) is 2. The van der Waals surface area contributed by atoms with Gasteiger partial charge in [0.05, 0.1) is 5.92 Å². The SMILES string of the molecule is CCCC(CC1CCCC1)C(=O)N1CCCC(C(=O)NCCN)C1. The van der Waals surface area contributed by atoms with Crippen LogP contribution in [0.1, 0.15) is 64.7 Å². The van der Waals surface area contributed by atoms with Crippen molar-refractivity contribution in [2.75, 3.05) is 26.2 Å². The monoisotopic (exact) mass is 337 g/mol. The van der Waals surface area contributed by atoms with Gasteiger partial charge in [-0.05, 0) is 31.6 Å². The van der Waals surface area contributed by atoms with E-state index >= 15 is 0 Å². The standard InChI is InChI=1S/C19H35N3O2/c1-2-6-16(13-15-7-3-4-8-15)19(24)22-12-5-9-17(14-22)18(23)21-11-10-20/h15-17H,2-14,20H2,1H3,(H,21,23). The van der Waals surface area contributed by atoms with Crippen molar-refractivity contribution in [2.24, 2.45) is 23.5 Å². The zero-order valence-corrected chi connectivity index (χ0v) is 15.3. The molecule has 2 amide bonds. The van der Waals surface area contributed by atoms with Crippen LogP contribution in [0.25, 0.3) is 0 Å². The fraction of sp³-hybridized carbons (Fsp3) is 0.895. The molecule has 5 heteroatoms. The molecule has 2 fully saturated rings. The Bertz CT molecular complexity index is 407. The lowest BCUT2D eigenvalue weighted by Gasteiger charge is -2.35. The van der Waals surface area contributed by atoms with E-state index in [1.807, 2.05) is 4.90 Å². The van der Waals surface area contributed by atoms with Gasteiger partial charge in [-0.3, -0.25) is 9.59 Å². The molecular formula is C19H35N3O2. The summed E-state index contributed by atoms with van der Waals surface area (Å²) in [5.41, 5.74) is 5.45. The van der Waals surface area contributed by atoms with E-state index in [-0.39, 0.29) is 17.7 Å². The molecule has 2 unspecified atom stereocenters. The number of nitrogens with zero attached hydrogens (tertiary/aromatic N) is 1. The van der Waals surface area contributed by atoms with Crippen LogP contribution in [0.4, 0.5) is 0 Å². The Morgan fingerprint density at radius 1 is 1.21 bits per heavy atom. The summed E-state index contributed by atoms with van der Waals surface area (Å²) in [6, 6.07) is 0. The molecule has 1 aliphatic carbocycles. The first-order chi connectivity index (χ1) is 11.7. The van der Waals surface area contributed by atoms with Crippen LogP contribution in [0.15, 0.2) is 0 Å². The van der Waals surface area contributed by atoms with Crippen LogP contribution in [0.3, 0.4) is 0 Å². The Balaban J connectivity index is 1.90. The first kappa shape index (κ1) is 19.2. The lowest BCUT2D eigenvalue weighted by Crippen LogP contribution is -2.48. The number of nitrogens with two attached hydrogens (primary N) is 1. The van der Waals surface area contributed by atoms with Crippen molar-refractivity contribution >= 4 is 11.8 Å². The van der Waals surface area contributed by atoms with Crippen molar-refractivity contribution in [3.05, 3.63) is 0 Å². The lowest BCUT2D eigenvalue weighted by atomic mass is 9.88. The first-order valence-electron chi connectivity index (χ1n) is 9.92. The summed E-state index contributed by atoms with van der Waals surface area (Å²) in [5.74, 6) is 1.17. The summed E-state index contributed by atoms with van der Waals surface area (Å²) in [5, 5.41) is 2.87. The van der Waals surface area contributed by atoms with Crippen LogP contribution in [-0.4, -0.2) is 42.9 Å². The van der Waals surface area contributed by atoms with E-state index in [2.05, 4.69) is 12.2 Å². The third-order valence-electron chi connectivity index (χ3n) is 5.63. The highest BCUT2D eigenvalue weighted by molar-refractivity contribution is 5.82. The lowest BCUT2D eigenvalue weighted by molar-refractivity contribution is -0.140. The van der Waals surface area contributed by atoms with Crippen molar-refractivity contribution in [1.29, 1.82) is 0 Å². The maximum absolute atomic E-state index is 13.0. The maximum Gasteiger partial charge on any atom is 0.225 e. The molecule has 2 atom stereocenters. The van der Waals surface area contributed by atoms with E-state index in [9.17, 15) is 9.59 Å². The summed E-state index contributed by atoms with van der Waals surface area (Å²) >= 11 is 0. The quantitative estimate of drug-likeness (QED) is 0.713. The summed E-state index contributed by atoms with van der Waals surface area (Å²) in [6.45, 7) is 4.53. The molecule has 0 aromatic carbocycles. The third kappa shape index (κ3) is 5.47. The van der Waals surface area contributed by atoms with Gasteiger partial charge >= 0.3 is 0 Å². The Morgan fingerprint density at radius 2 is 1.96 bits per heavy atom. The van der Waals surface area contributed by atoms with Crippen molar-refractivity contribution in [3.8, 4) is 0 Å². The van der Waals surface area contributed by atoms with Gasteiger partial charge in [-0.2, -0.15) is 0 Å². The molecule has 0 radical (unpaired) electrons. The molecule has 2 aliphatic rings. The molecule has 138 valence electrons. The fourth-order valence-corrected chi connectivity index (χ4v) is 4.33.